The first-order valence-electron chi connectivity index (χ1n) is 7.22. The Morgan fingerprint density at radius 3 is 2.32 bits per heavy atom. The van der Waals surface area contributed by atoms with Gasteiger partial charge in [0.2, 0.25) is 0 Å². The number of rotatable bonds is 7. The predicted octanol–water partition coefficient (Wildman–Crippen LogP) is 3.16. The first-order chi connectivity index (χ1) is 11.9. The van der Waals surface area contributed by atoms with Gasteiger partial charge in [0.25, 0.3) is 11.4 Å². The molecule has 0 N–H and O–H groups in total. The summed E-state index contributed by atoms with van der Waals surface area (Å²) in [6.07, 6.45) is 0. The average Bonchev–Trinajstić information content (AvgIpc) is 2.60. The highest BCUT2D eigenvalue weighted by Crippen LogP contribution is 2.35. The van der Waals surface area contributed by atoms with Gasteiger partial charge in [0, 0.05) is 25.2 Å². The summed E-state index contributed by atoms with van der Waals surface area (Å²) in [6.45, 7) is 0.291. The van der Waals surface area contributed by atoms with Gasteiger partial charge in [0.1, 0.15) is 5.69 Å². The van der Waals surface area contributed by atoms with Crippen LogP contribution >= 0.6 is 0 Å². The molecule has 0 aromatic heterocycles. The summed E-state index contributed by atoms with van der Waals surface area (Å²) in [4.78, 5) is 22.5. The predicted molar refractivity (Wildman–Crippen MR) is 91.4 cm³/mol. The molecule has 0 radical (unpaired) electrons. The van der Waals surface area contributed by atoms with E-state index in [1.807, 2.05) is 6.07 Å². The first-order valence-corrected chi connectivity index (χ1v) is 7.22. The summed E-state index contributed by atoms with van der Waals surface area (Å²) < 4.78 is 10.6. The highest BCUT2D eigenvalue weighted by Gasteiger charge is 2.23. The maximum absolute atomic E-state index is 11.3. The molecule has 0 aliphatic rings. The minimum atomic E-state index is -0.665. The van der Waals surface area contributed by atoms with Crippen molar-refractivity contribution in [2.24, 2.45) is 0 Å². The van der Waals surface area contributed by atoms with Crippen molar-refractivity contribution >= 4 is 17.1 Å². The number of ether oxygens (including phenoxy) is 2. The van der Waals surface area contributed by atoms with E-state index in [0.29, 0.717) is 18.0 Å². The van der Waals surface area contributed by atoms with Gasteiger partial charge in [-0.3, -0.25) is 20.2 Å². The number of nitro groups is 2. The van der Waals surface area contributed by atoms with Crippen LogP contribution in [0.5, 0.6) is 11.5 Å². The van der Waals surface area contributed by atoms with E-state index in [1.54, 1.807) is 24.1 Å². The van der Waals surface area contributed by atoms with Gasteiger partial charge < -0.3 is 14.4 Å². The third-order valence-corrected chi connectivity index (χ3v) is 3.67. The van der Waals surface area contributed by atoms with Crippen molar-refractivity contribution in [1.29, 1.82) is 0 Å². The Labute approximate surface area is 143 Å². The maximum Gasteiger partial charge on any atom is 0.299 e. The Morgan fingerprint density at radius 1 is 1.04 bits per heavy atom. The Hall–Kier alpha value is -3.36. The molecule has 2 aromatic carbocycles. The Morgan fingerprint density at radius 2 is 1.76 bits per heavy atom. The Balaban J connectivity index is 2.40. The molecule has 0 saturated carbocycles. The average molecular weight is 347 g/mol. The van der Waals surface area contributed by atoms with Crippen LogP contribution in [0.2, 0.25) is 0 Å². The van der Waals surface area contributed by atoms with Crippen LogP contribution < -0.4 is 14.4 Å². The van der Waals surface area contributed by atoms with Crippen molar-refractivity contribution in [2.45, 2.75) is 6.54 Å². The van der Waals surface area contributed by atoms with Gasteiger partial charge in [-0.05, 0) is 12.1 Å². The van der Waals surface area contributed by atoms with E-state index in [1.165, 1.54) is 26.4 Å². The summed E-state index contributed by atoms with van der Waals surface area (Å²) in [5.41, 5.74) is 0.360. The number of nitrogens with zero attached hydrogens (tertiary/aromatic N) is 3. The van der Waals surface area contributed by atoms with Crippen LogP contribution in [0.4, 0.5) is 17.1 Å². The van der Waals surface area contributed by atoms with Crippen molar-refractivity contribution < 1.29 is 19.3 Å². The molecule has 132 valence electrons. The summed E-state index contributed by atoms with van der Waals surface area (Å²) in [5, 5.41) is 22.1. The first kappa shape index (κ1) is 18.0. The topological polar surface area (TPSA) is 108 Å². The van der Waals surface area contributed by atoms with Gasteiger partial charge in [0.15, 0.2) is 11.5 Å². The standard InChI is InChI=1S/C16H17N3O6/c1-17(10-11-5-4-6-15(24-2)16(11)25-3)13-8-7-12(18(20)21)9-14(13)19(22)23/h4-9H,10H2,1-3H3. The highest BCUT2D eigenvalue weighted by atomic mass is 16.6. The lowest BCUT2D eigenvalue weighted by atomic mass is 10.1. The van der Waals surface area contributed by atoms with Gasteiger partial charge in [-0.1, -0.05) is 12.1 Å². The minimum Gasteiger partial charge on any atom is -0.493 e. The third-order valence-electron chi connectivity index (χ3n) is 3.67. The Kier molecular flexibility index (Phi) is 5.38. The number of anilines is 1. The summed E-state index contributed by atoms with van der Waals surface area (Å²) in [5.74, 6) is 1.08. The fourth-order valence-corrected chi connectivity index (χ4v) is 2.51. The number of methoxy groups -OCH3 is 2. The molecular formula is C16H17N3O6. The van der Waals surface area contributed by atoms with Crippen LogP contribution in [0, 0.1) is 20.2 Å². The smallest absolute Gasteiger partial charge is 0.299 e. The molecule has 0 saturated heterocycles. The van der Waals surface area contributed by atoms with Crippen LogP contribution in [-0.4, -0.2) is 31.1 Å². The summed E-state index contributed by atoms with van der Waals surface area (Å²) in [6, 6.07) is 8.90. The van der Waals surface area contributed by atoms with E-state index in [4.69, 9.17) is 9.47 Å². The quantitative estimate of drug-likeness (QED) is 0.559. The number of para-hydroxylation sites is 1. The molecule has 0 spiro atoms. The molecule has 0 atom stereocenters. The maximum atomic E-state index is 11.3. The van der Waals surface area contributed by atoms with Gasteiger partial charge in [-0.25, -0.2) is 0 Å². The lowest BCUT2D eigenvalue weighted by Crippen LogP contribution is -2.18. The largest absolute Gasteiger partial charge is 0.493 e. The molecule has 9 heteroatoms. The highest BCUT2D eigenvalue weighted by molar-refractivity contribution is 5.67. The van der Waals surface area contributed by atoms with Crippen LogP contribution in [-0.2, 0) is 6.54 Å². The van der Waals surface area contributed by atoms with Gasteiger partial charge in [-0.15, -0.1) is 0 Å². The molecule has 0 amide bonds. The van der Waals surface area contributed by atoms with Crippen molar-refractivity contribution in [3.8, 4) is 11.5 Å². The lowest BCUT2D eigenvalue weighted by Gasteiger charge is -2.21. The van der Waals surface area contributed by atoms with Crippen molar-refractivity contribution in [2.75, 3.05) is 26.2 Å². The zero-order valence-corrected chi connectivity index (χ0v) is 14.0. The van der Waals surface area contributed by atoms with Crippen molar-refractivity contribution in [3.63, 3.8) is 0 Å². The fourth-order valence-electron chi connectivity index (χ4n) is 2.51. The van der Waals surface area contributed by atoms with E-state index < -0.39 is 9.85 Å². The zero-order valence-electron chi connectivity index (χ0n) is 14.0. The molecule has 25 heavy (non-hydrogen) atoms. The van der Waals surface area contributed by atoms with Crippen LogP contribution in [0.25, 0.3) is 0 Å². The normalized spacial score (nSPS) is 10.2. The second kappa shape index (κ2) is 7.47. The van der Waals surface area contributed by atoms with Gasteiger partial charge >= 0.3 is 0 Å². The molecule has 9 nitrogen and oxygen atoms in total. The van der Waals surface area contributed by atoms with E-state index in [-0.39, 0.29) is 17.1 Å². The molecule has 0 unspecified atom stereocenters. The SMILES string of the molecule is COc1cccc(CN(C)c2ccc([N+](=O)[O-])cc2[N+](=O)[O-])c1OC. The van der Waals surface area contributed by atoms with Crippen LogP contribution in [0.15, 0.2) is 36.4 Å². The summed E-state index contributed by atoms with van der Waals surface area (Å²) >= 11 is 0. The monoisotopic (exact) mass is 347 g/mol. The van der Waals surface area contributed by atoms with Crippen LogP contribution in [0.3, 0.4) is 0 Å². The fraction of sp³-hybridized carbons (Fsp3) is 0.250. The molecule has 0 heterocycles. The summed E-state index contributed by atoms with van der Waals surface area (Å²) in [7, 11) is 4.69. The lowest BCUT2D eigenvalue weighted by molar-refractivity contribution is -0.393. The zero-order chi connectivity index (χ0) is 18.6. The molecule has 0 fully saturated rings. The molecule has 2 rings (SSSR count). The molecule has 0 aliphatic heterocycles. The molecule has 0 aliphatic carbocycles. The number of hydrogen-bond donors (Lipinski definition) is 0. The van der Waals surface area contributed by atoms with Crippen LogP contribution in [0.1, 0.15) is 5.56 Å². The van der Waals surface area contributed by atoms with Gasteiger partial charge in [0.05, 0.1) is 30.1 Å². The van der Waals surface area contributed by atoms with E-state index in [9.17, 15) is 20.2 Å². The van der Waals surface area contributed by atoms with Crippen molar-refractivity contribution in [3.05, 3.63) is 62.2 Å². The second-order valence-corrected chi connectivity index (χ2v) is 5.20. The number of hydrogen-bond acceptors (Lipinski definition) is 7. The van der Waals surface area contributed by atoms with Gasteiger partial charge in [-0.2, -0.15) is 0 Å². The number of nitro benzene ring substituents is 2. The molecular weight excluding hydrogens is 330 g/mol. The minimum absolute atomic E-state index is 0.264. The van der Waals surface area contributed by atoms with Crippen molar-refractivity contribution in [1.82, 2.24) is 0 Å². The Bertz CT molecular complexity index is 808. The second-order valence-electron chi connectivity index (χ2n) is 5.20. The van der Waals surface area contributed by atoms with E-state index in [2.05, 4.69) is 0 Å². The van der Waals surface area contributed by atoms with E-state index in [0.717, 1.165) is 11.6 Å². The molecule has 0 bridgehead atoms. The number of benzene rings is 2. The third kappa shape index (κ3) is 3.77. The number of non-ortho nitro benzene ring substituents is 1. The molecule has 2 aromatic rings. The van der Waals surface area contributed by atoms with E-state index >= 15 is 0 Å².